The van der Waals surface area contributed by atoms with Crippen molar-refractivity contribution in [2.75, 3.05) is 13.2 Å². The van der Waals surface area contributed by atoms with Crippen molar-refractivity contribution in [1.82, 2.24) is 10.3 Å². The highest BCUT2D eigenvalue weighted by molar-refractivity contribution is 5.31. The number of aliphatic hydroxyl groups excluding tert-OH is 1. The molecule has 2 N–H and O–H groups in total. The maximum Gasteiger partial charge on any atom is 0.122 e. The second-order valence-electron chi connectivity index (χ2n) is 4.68. The Morgan fingerprint density at radius 2 is 2.00 bits per heavy atom. The van der Waals surface area contributed by atoms with E-state index in [-0.39, 0.29) is 6.61 Å². The smallest absolute Gasteiger partial charge is 0.122 e. The molecule has 4 heteroatoms. The number of aryl methyl sites for hydroxylation is 1. The van der Waals surface area contributed by atoms with Crippen molar-refractivity contribution in [3.8, 4) is 5.75 Å². The topological polar surface area (TPSA) is 54.4 Å². The Morgan fingerprint density at radius 1 is 1.20 bits per heavy atom. The van der Waals surface area contributed by atoms with Gasteiger partial charge >= 0.3 is 0 Å². The van der Waals surface area contributed by atoms with Crippen LogP contribution in [0.25, 0.3) is 0 Å². The highest BCUT2D eigenvalue weighted by Gasteiger charge is 2.06. The van der Waals surface area contributed by atoms with E-state index < -0.39 is 6.10 Å². The summed E-state index contributed by atoms with van der Waals surface area (Å²) in [6, 6.07) is 13.6. The molecule has 2 aromatic rings. The first-order valence-corrected chi connectivity index (χ1v) is 6.73. The summed E-state index contributed by atoms with van der Waals surface area (Å²) in [6.07, 6.45) is 1.22. The Bertz CT molecular complexity index is 517. The number of aliphatic hydroxyl groups is 1. The summed E-state index contributed by atoms with van der Waals surface area (Å²) in [4.78, 5) is 4.21. The summed E-state index contributed by atoms with van der Waals surface area (Å²) in [6.45, 7) is 3.38. The first kappa shape index (κ1) is 14.5. The van der Waals surface area contributed by atoms with Crippen molar-refractivity contribution in [2.45, 2.75) is 19.6 Å². The lowest BCUT2D eigenvalue weighted by Crippen LogP contribution is -2.31. The molecule has 0 aliphatic carbocycles. The summed E-state index contributed by atoms with van der Waals surface area (Å²) in [5.41, 5.74) is 2.03. The molecule has 0 fully saturated rings. The molecule has 4 nitrogen and oxygen atoms in total. The Labute approximate surface area is 119 Å². The first-order chi connectivity index (χ1) is 9.75. The minimum Gasteiger partial charge on any atom is -0.491 e. The molecule has 1 unspecified atom stereocenters. The molecule has 0 amide bonds. The largest absolute Gasteiger partial charge is 0.491 e. The number of aromatic nitrogens is 1. The van der Waals surface area contributed by atoms with Gasteiger partial charge < -0.3 is 15.2 Å². The second-order valence-corrected chi connectivity index (χ2v) is 4.68. The Hall–Kier alpha value is -1.91. The van der Waals surface area contributed by atoms with Crippen molar-refractivity contribution < 1.29 is 9.84 Å². The van der Waals surface area contributed by atoms with E-state index in [1.807, 2.05) is 49.4 Å². The molecule has 0 saturated carbocycles. The predicted octanol–water partition coefficient (Wildman–Crippen LogP) is 1.92. The number of para-hydroxylation sites is 1. The summed E-state index contributed by atoms with van der Waals surface area (Å²) >= 11 is 0. The Kier molecular flexibility index (Phi) is 5.53. The van der Waals surface area contributed by atoms with Gasteiger partial charge in [0, 0.05) is 19.3 Å². The third kappa shape index (κ3) is 4.64. The molecule has 1 heterocycles. The highest BCUT2D eigenvalue weighted by Crippen LogP contribution is 2.16. The third-order valence-corrected chi connectivity index (χ3v) is 2.94. The van der Waals surface area contributed by atoms with Crippen molar-refractivity contribution >= 4 is 0 Å². The summed E-state index contributed by atoms with van der Waals surface area (Å²) in [5, 5.41) is 13.0. The van der Waals surface area contributed by atoms with Crippen LogP contribution >= 0.6 is 0 Å². The number of nitrogens with zero attached hydrogens (tertiary/aromatic N) is 1. The van der Waals surface area contributed by atoms with Crippen LogP contribution in [-0.4, -0.2) is 29.3 Å². The number of ether oxygens (including phenoxy) is 1. The van der Waals surface area contributed by atoms with E-state index in [0.29, 0.717) is 13.1 Å². The molecule has 106 valence electrons. The normalized spacial score (nSPS) is 12.1. The average molecular weight is 272 g/mol. The highest BCUT2D eigenvalue weighted by atomic mass is 16.5. The van der Waals surface area contributed by atoms with E-state index in [1.54, 1.807) is 6.20 Å². The molecular weight excluding hydrogens is 252 g/mol. The van der Waals surface area contributed by atoms with Gasteiger partial charge in [-0.25, -0.2) is 0 Å². The molecule has 1 aromatic heterocycles. The lowest BCUT2D eigenvalue weighted by Gasteiger charge is -2.14. The number of rotatable bonds is 7. The third-order valence-electron chi connectivity index (χ3n) is 2.94. The zero-order chi connectivity index (χ0) is 14.2. The van der Waals surface area contributed by atoms with Crippen molar-refractivity contribution in [1.29, 1.82) is 0 Å². The van der Waals surface area contributed by atoms with Crippen LogP contribution in [0.4, 0.5) is 0 Å². The van der Waals surface area contributed by atoms with E-state index in [4.69, 9.17) is 4.74 Å². The van der Waals surface area contributed by atoms with Crippen LogP contribution in [-0.2, 0) is 6.54 Å². The van der Waals surface area contributed by atoms with Gasteiger partial charge in [0.25, 0.3) is 0 Å². The van der Waals surface area contributed by atoms with Crippen LogP contribution in [0.15, 0.2) is 48.7 Å². The van der Waals surface area contributed by atoms with Crippen molar-refractivity contribution in [2.24, 2.45) is 0 Å². The minimum atomic E-state index is -0.543. The second kappa shape index (κ2) is 7.62. The fraction of sp³-hybridized carbons (Fsp3) is 0.312. The predicted molar refractivity (Wildman–Crippen MR) is 78.6 cm³/mol. The SMILES string of the molecule is Cc1ccccc1OCC(O)CNCc1ccccn1. The average Bonchev–Trinajstić information content (AvgIpc) is 2.47. The molecule has 0 saturated heterocycles. The maximum absolute atomic E-state index is 9.87. The van der Waals surface area contributed by atoms with E-state index in [2.05, 4.69) is 10.3 Å². The lowest BCUT2D eigenvalue weighted by molar-refractivity contribution is 0.106. The molecule has 1 atom stereocenters. The number of pyridine rings is 1. The van der Waals surface area contributed by atoms with Crippen LogP contribution in [0, 0.1) is 6.92 Å². The van der Waals surface area contributed by atoms with Gasteiger partial charge in [-0.3, -0.25) is 4.98 Å². The van der Waals surface area contributed by atoms with Gasteiger partial charge in [0.1, 0.15) is 18.5 Å². The van der Waals surface area contributed by atoms with E-state index in [1.165, 1.54) is 0 Å². The summed E-state index contributed by atoms with van der Waals surface area (Å²) in [5.74, 6) is 0.816. The van der Waals surface area contributed by atoms with Crippen LogP contribution < -0.4 is 10.1 Å². The molecule has 0 spiro atoms. The fourth-order valence-corrected chi connectivity index (χ4v) is 1.83. The van der Waals surface area contributed by atoms with E-state index >= 15 is 0 Å². The lowest BCUT2D eigenvalue weighted by atomic mass is 10.2. The van der Waals surface area contributed by atoms with E-state index in [9.17, 15) is 5.11 Å². The number of hydrogen-bond acceptors (Lipinski definition) is 4. The molecule has 2 rings (SSSR count). The molecule has 0 bridgehead atoms. The fourth-order valence-electron chi connectivity index (χ4n) is 1.83. The van der Waals surface area contributed by atoms with Crippen molar-refractivity contribution in [3.05, 3.63) is 59.9 Å². The van der Waals surface area contributed by atoms with Gasteiger partial charge in [-0.05, 0) is 30.7 Å². The van der Waals surface area contributed by atoms with Gasteiger partial charge in [-0.15, -0.1) is 0 Å². The standard InChI is InChI=1S/C16H20N2O2/c1-13-6-2-3-8-16(13)20-12-15(19)11-17-10-14-7-4-5-9-18-14/h2-9,15,17,19H,10-12H2,1H3. The first-order valence-electron chi connectivity index (χ1n) is 6.73. The zero-order valence-corrected chi connectivity index (χ0v) is 11.6. The number of benzene rings is 1. The number of hydrogen-bond donors (Lipinski definition) is 2. The quantitative estimate of drug-likeness (QED) is 0.808. The molecule has 0 radical (unpaired) electrons. The molecule has 1 aromatic carbocycles. The zero-order valence-electron chi connectivity index (χ0n) is 11.6. The Balaban J connectivity index is 1.68. The monoisotopic (exact) mass is 272 g/mol. The van der Waals surface area contributed by atoms with Gasteiger partial charge in [0.05, 0.1) is 5.69 Å². The molecular formula is C16H20N2O2. The summed E-state index contributed by atoms with van der Waals surface area (Å²) in [7, 11) is 0. The van der Waals surface area contributed by atoms with Crippen LogP contribution in [0.1, 0.15) is 11.3 Å². The summed E-state index contributed by atoms with van der Waals surface area (Å²) < 4.78 is 5.60. The van der Waals surface area contributed by atoms with Crippen molar-refractivity contribution in [3.63, 3.8) is 0 Å². The minimum absolute atomic E-state index is 0.278. The molecule has 20 heavy (non-hydrogen) atoms. The maximum atomic E-state index is 9.87. The van der Waals surface area contributed by atoms with Crippen LogP contribution in [0.3, 0.4) is 0 Å². The Morgan fingerprint density at radius 3 is 2.75 bits per heavy atom. The molecule has 0 aliphatic heterocycles. The van der Waals surface area contributed by atoms with Gasteiger partial charge in [-0.2, -0.15) is 0 Å². The van der Waals surface area contributed by atoms with E-state index in [0.717, 1.165) is 17.0 Å². The molecule has 0 aliphatic rings. The number of nitrogens with one attached hydrogen (secondary N) is 1. The van der Waals surface area contributed by atoms with Gasteiger partial charge in [0.2, 0.25) is 0 Å². The van der Waals surface area contributed by atoms with Crippen LogP contribution in [0.2, 0.25) is 0 Å². The van der Waals surface area contributed by atoms with Gasteiger partial charge in [0.15, 0.2) is 0 Å². The van der Waals surface area contributed by atoms with Gasteiger partial charge in [-0.1, -0.05) is 24.3 Å². The van der Waals surface area contributed by atoms with Crippen LogP contribution in [0.5, 0.6) is 5.75 Å².